The molecule has 0 saturated carbocycles. The average Bonchev–Trinajstić information content (AvgIpc) is 2.20. The highest BCUT2D eigenvalue weighted by atomic mass is 16.7. The monoisotopic (exact) mass is 204 g/mol. The number of ether oxygens (including phenoxy) is 3. The lowest BCUT2D eigenvalue weighted by Gasteiger charge is -2.46. The molecule has 2 rings (SSSR count). The molecule has 0 aromatic rings. The largest absolute Gasteiger partial charge is 0.390 e. The summed E-state index contributed by atoms with van der Waals surface area (Å²) in [5.74, 6) is 0.155. The SMILES string of the molecule is [3H]OC1[C@H](C)OC2COC(C)O[C@@H]2[C@@H]1C. The van der Waals surface area contributed by atoms with Crippen molar-refractivity contribution in [3.8, 4) is 0 Å². The van der Waals surface area contributed by atoms with Gasteiger partial charge in [0.25, 0.3) is 0 Å². The molecular formula is C10H18O4. The second-order valence-electron chi connectivity index (χ2n) is 4.21. The fourth-order valence-electron chi connectivity index (χ4n) is 2.22. The van der Waals surface area contributed by atoms with Crippen LogP contribution in [0, 0.1) is 5.92 Å². The number of aliphatic hydroxyl groups is 1. The van der Waals surface area contributed by atoms with Gasteiger partial charge in [-0.25, -0.2) is 0 Å². The molecule has 4 heteroatoms. The van der Waals surface area contributed by atoms with Crippen LogP contribution in [0.3, 0.4) is 0 Å². The first-order valence-electron chi connectivity index (χ1n) is 5.58. The van der Waals surface area contributed by atoms with Crippen molar-refractivity contribution < 1.29 is 19.3 Å². The zero-order valence-corrected chi connectivity index (χ0v) is 8.80. The molecule has 0 aliphatic carbocycles. The van der Waals surface area contributed by atoms with Gasteiger partial charge in [-0.2, -0.15) is 0 Å². The van der Waals surface area contributed by atoms with Crippen LogP contribution in [0.1, 0.15) is 20.8 Å². The van der Waals surface area contributed by atoms with E-state index in [1.54, 1.807) is 0 Å². The first-order valence-corrected chi connectivity index (χ1v) is 5.18. The Morgan fingerprint density at radius 2 is 2.07 bits per heavy atom. The van der Waals surface area contributed by atoms with E-state index < -0.39 is 0 Å². The first kappa shape index (κ1) is 9.09. The van der Waals surface area contributed by atoms with Gasteiger partial charge < -0.3 is 19.3 Å². The minimum absolute atomic E-state index is 0.0275. The quantitative estimate of drug-likeness (QED) is 0.677. The molecule has 0 bridgehead atoms. The van der Waals surface area contributed by atoms with Crippen molar-refractivity contribution in [3.05, 3.63) is 0 Å². The van der Waals surface area contributed by atoms with Crippen molar-refractivity contribution in [1.29, 1.82) is 1.43 Å². The summed E-state index contributed by atoms with van der Waals surface area (Å²) in [5.41, 5.74) is 0. The third-order valence-electron chi connectivity index (χ3n) is 3.10. The van der Waals surface area contributed by atoms with Crippen LogP contribution in [0.5, 0.6) is 0 Å². The number of hydrogen-bond acceptors (Lipinski definition) is 4. The van der Waals surface area contributed by atoms with E-state index >= 15 is 0 Å². The van der Waals surface area contributed by atoms with Crippen molar-refractivity contribution in [3.63, 3.8) is 0 Å². The maximum Gasteiger partial charge on any atom is 0.211 e. The van der Waals surface area contributed by atoms with E-state index in [0.29, 0.717) is 6.61 Å². The van der Waals surface area contributed by atoms with Crippen LogP contribution in [-0.2, 0) is 14.2 Å². The number of rotatable bonds is 1. The Balaban J connectivity index is 2.09. The molecule has 0 spiro atoms. The van der Waals surface area contributed by atoms with E-state index in [9.17, 15) is 0 Å². The summed E-state index contributed by atoms with van der Waals surface area (Å²) >= 11 is 0. The lowest BCUT2D eigenvalue weighted by Crippen LogP contribution is -2.58. The Labute approximate surface area is 85.6 Å². The molecule has 0 radical (unpaired) electrons. The third-order valence-corrected chi connectivity index (χ3v) is 3.10. The van der Waals surface area contributed by atoms with Crippen LogP contribution in [0.25, 0.3) is 0 Å². The van der Waals surface area contributed by atoms with E-state index in [1.807, 2.05) is 20.8 Å². The fraction of sp³-hybridized carbons (Fsp3) is 1.00. The van der Waals surface area contributed by atoms with Crippen LogP contribution >= 0.6 is 0 Å². The maximum atomic E-state index is 7.05. The zero-order valence-electron chi connectivity index (χ0n) is 9.80. The van der Waals surface area contributed by atoms with Gasteiger partial charge in [0.05, 0.1) is 24.9 Å². The normalized spacial score (nSPS) is 54.9. The minimum atomic E-state index is -0.225. The summed E-state index contributed by atoms with van der Waals surface area (Å²) < 4.78 is 23.8. The van der Waals surface area contributed by atoms with Gasteiger partial charge in [0.15, 0.2) is 6.29 Å². The summed E-state index contributed by atoms with van der Waals surface area (Å²) in [6.07, 6.45) is -0.564. The Kier molecular flexibility index (Phi) is 2.45. The summed E-state index contributed by atoms with van der Waals surface area (Å²) in [5, 5.41) is 4.70. The van der Waals surface area contributed by atoms with Crippen LogP contribution in [0.15, 0.2) is 0 Å². The van der Waals surface area contributed by atoms with Crippen LogP contribution < -0.4 is 0 Å². The van der Waals surface area contributed by atoms with Crippen molar-refractivity contribution >= 4 is 0 Å². The van der Waals surface area contributed by atoms with Crippen LogP contribution in [-0.4, -0.2) is 43.9 Å². The molecule has 14 heavy (non-hydrogen) atoms. The first-order chi connectivity index (χ1) is 7.13. The van der Waals surface area contributed by atoms with Crippen LogP contribution in [0.4, 0.5) is 0 Å². The Hall–Kier alpha value is -0.160. The van der Waals surface area contributed by atoms with E-state index in [-0.39, 0.29) is 36.6 Å². The number of hydrogen-bond donors (Lipinski definition) is 1. The lowest BCUT2D eigenvalue weighted by atomic mass is 9.88. The topological polar surface area (TPSA) is 47.9 Å². The van der Waals surface area contributed by atoms with Gasteiger partial charge in [0.2, 0.25) is 1.43 Å². The average molecular weight is 204 g/mol. The summed E-state index contributed by atoms with van der Waals surface area (Å²) in [6, 6.07) is 0. The van der Waals surface area contributed by atoms with E-state index in [4.69, 9.17) is 20.8 Å². The Morgan fingerprint density at radius 3 is 2.79 bits per heavy atom. The van der Waals surface area contributed by atoms with Gasteiger partial charge >= 0.3 is 0 Å². The predicted octanol–water partition coefficient (Wildman–Crippen LogP) is 0.532. The van der Waals surface area contributed by atoms with E-state index in [0.717, 1.165) is 0 Å². The molecule has 6 atom stereocenters. The molecule has 0 aromatic carbocycles. The van der Waals surface area contributed by atoms with Gasteiger partial charge in [0, 0.05) is 5.92 Å². The Bertz CT molecular complexity index is 225. The third kappa shape index (κ3) is 1.67. The minimum Gasteiger partial charge on any atom is -0.390 e. The lowest BCUT2D eigenvalue weighted by molar-refractivity contribution is -0.306. The molecule has 4 nitrogen and oxygen atoms in total. The van der Waals surface area contributed by atoms with Crippen molar-refractivity contribution in [2.24, 2.45) is 5.92 Å². The highest BCUT2D eigenvalue weighted by Gasteiger charge is 2.44. The van der Waals surface area contributed by atoms with Crippen molar-refractivity contribution in [2.45, 2.75) is 51.5 Å². The summed E-state index contributed by atoms with van der Waals surface area (Å²) in [4.78, 5) is 0. The summed E-state index contributed by atoms with van der Waals surface area (Å²) in [6.45, 7) is 6.39. The molecule has 2 aliphatic heterocycles. The maximum absolute atomic E-state index is 7.05. The standard InChI is InChI=1S/C10H18O4/c1-5-9(11)6(2)13-8-4-12-7(3)14-10(5)8/h5-11H,4H2,1-3H3/t5-,6+,7?,8?,9?,10-/m1/s1/i11T. The second-order valence-corrected chi connectivity index (χ2v) is 4.21. The second kappa shape index (κ2) is 3.77. The Morgan fingerprint density at radius 1 is 1.29 bits per heavy atom. The van der Waals surface area contributed by atoms with Gasteiger partial charge in [-0.1, -0.05) is 6.92 Å². The van der Waals surface area contributed by atoms with Crippen molar-refractivity contribution in [1.82, 2.24) is 0 Å². The molecule has 2 fully saturated rings. The molecule has 82 valence electrons. The smallest absolute Gasteiger partial charge is 0.211 e. The van der Waals surface area contributed by atoms with Gasteiger partial charge in [-0.15, -0.1) is 0 Å². The molecule has 3 unspecified atom stereocenters. The number of fused-ring (bicyclic) bond motifs is 1. The fourth-order valence-corrected chi connectivity index (χ4v) is 2.22. The molecule has 1 N–H and O–H groups in total. The van der Waals surface area contributed by atoms with E-state index in [1.165, 1.54) is 0 Å². The molecule has 0 aromatic heterocycles. The zero-order chi connectivity index (χ0) is 11.0. The number of aliphatic hydroxyl groups excluding tert-OH is 1. The van der Waals surface area contributed by atoms with Gasteiger partial charge in [-0.05, 0) is 13.8 Å². The van der Waals surface area contributed by atoms with Gasteiger partial charge in [-0.3, -0.25) is 0 Å². The molecule has 2 saturated heterocycles. The van der Waals surface area contributed by atoms with Gasteiger partial charge in [0.1, 0.15) is 6.10 Å². The molecule has 0 amide bonds. The summed E-state index contributed by atoms with van der Waals surface area (Å²) in [7, 11) is 0. The predicted molar refractivity (Wildman–Crippen MR) is 49.8 cm³/mol. The highest BCUT2D eigenvalue weighted by Crippen LogP contribution is 2.31. The molecular weight excluding hydrogens is 184 g/mol. The van der Waals surface area contributed by atoms with Crippen LogP contribution in [0.2, 0.25) is 0 Å². The van der Waals surface area contributed by atoms with E-state index in [2.05, 4.69) is 0 Å². The highest BCUT2D eigenvalue weighted by molar-refractivity contribution is 4.90. The molecule has 2 heterocycles. The van der Waals surface area contributed by atoms with Crippen molar-refractivity contribution in [2.75, 3.05) is 6.61 Å². The molecule has 2 aliphatic rings.